The van der Waals surface area contributed by atoms with Crippen LogP contribution in [0.3, 0.4) is 0 Å². The molecule has 0 fully saturated rings. The number of thiazole rings is 1. The Labute approximate surface area is 144 Å². The topological polar surface area (TPSA) is 46.8 Å². The maximum absolute atomic E-state index is 4.71. The molecule has 2 heterocycles. The van der Waals surface area contributed by atoms with Crippen LogP contribution in [-0.2, 0) is 0 Å². The van der Waals surface area contributed by atoms with Crippen LogP contribution in [-0.4, -0.2) is 26.8 Å². The highest BCUT2D eigenvalue weighted by molar-refractivity contribution is 7.22. The smallest absolute Gasteiger partial charge is 0.190 e. The zero-order chi connectivity index (χ0) is 16.5. The Morgan fingerprint density at radius 1 is 1.08 bits per heavy atom. The molecular weight excluding hydrogens is 318 g/mol. The molecule has 0 radical (unpaired) electrons. The molecule has 0 aliphatic heterocycles. The first kappa shape index (κ1) is 14.8. The number of aromatic nitrogens is 4. The molecular formula is C18H17N5S. The minimum atomic E-state index is 0.161. The Morgan fingerprint density at radius 2 is 1.88 bits per heavy atom. The van der Waals surface area contributed by atoms with Crippen molar-refractivity contribution >= 4 is 32.4 Å². The summed E-state index contributed by atoms with van der Waals surface area (Å²) < 4.78 is 3.06. The lowest BCUT2D eigenvalue weighted by atomic mass is 10.1. The van der Waals surface area contributed by atoms with Crippen LogP contribution in [0.4, 0.5) is 10.8 Å². The molecule has 6 heteroatoms. The largest absolute Gasteiger partial charge is 0.321 e. The van der Waals surface area contributed by atoms with Crippen LogP contribution in [0.25, 0.3) is 10.2 Å². The van der Waals surface area contributed by atoms with Gasteiger partial charge in [0.25, 0.3) is 0 Å². The molecule has 1 unspecified atom stereocenters. The van der Waals surface area contributed by atoms with Crippen LogP contribution in [0, 0.1) is 0 Å². The molecule has 5 nitrogen and oxygen atoms in total. The molecule has 4 rings (SSSR count). The van der Waals surface area contributed by atoms with Gasteiger partial charge in [0, 0.05) is 12.7 Å². The van der Waals surface area contributed by atoms with E-state index in [1.54, 1.807) is 24.0 Å². The molecule has 0 amide bonds. The number of anilines is 2. The third-order valence-corrected chi connectivity index (χ3v) is 5.28. The number of hydrogen-bond acceptors (Lipinski definition) is 5. The van der Waals surface area contributed by atoms with Crippen molar-refractivity contribution in [1.29, 1.82) is 0 Å². The average Bonchev–Trinajstić information content (AvgIpc) is 3.30. The third-order valence-electron chi connectivity index (χ3n) is 4.17. The summed E-state index contributed by atoms with van der Waals surface area (Å²) in [4.78, 5) is 10.8. The van der Waals surface area contributed by atoms with Crippen LogP contribution in [0.2, 0.25) is 0 Å². The second-order valence-corrected chi connectivity index (χ2v) is 6.68. The van der Waals surface area contributed by atoms with Crippen molar-refractivity contribution in [3.63, 3.8) is 0 Å². The van der Waals surface area contributed by atoms with Gasteiger partial charge in [-0.3, -0.25) is 0 Å². The monoisotopic (exact) mass is 335 g/mol. The lowest BCUT2D eigenvalue weighted by Crippen LogP contribution is -2.10. The minimum Gasteiger partial charge on any atom is -0.321 e. The van der Waals surface area contributed by atoms with Gasteiger partial charge in [-0.25, -0.2) is 14.6 Å². The van der Waals surface area contributed by atoms with Gasteiger partial charge in [-0.1, -0.05) is 35.6 Å². The second kappa shape index (κ2) is 6.05. The fraction of sp³-hybridized carbons (Fsp3) is 0.167. The third kappa shape index (κ3) is 2.65. The molecule has 0 saturated heterocycles. The lowest BCUT2D eigenvalue weighted by molar-refractivity contribution is 0.563. The Balaban J connectivity index is 1.60. The van der Waals surface area contributed by atoms with Crippen LogP contribution in [0.15, 0.2) is 61.2 Å². The van der Waals surface area contributed by atoms with Gasteiger partial charge in [-0.2, -0.15) is 5.10 Å². The van der Waals surface area contributed by atoms with Crippen molar-refractivity contribution in [2.75, 3.05) is 11.9 Å². The van der Waals surface area contributed by atoms with Crippen LogP contribution < -0.4 is 4.90 Å². The SMILES string of the molecule is CC(c1ccc(N(C)c2nc3ccccc3s2)cc1)n1cncn1. The van der Waals surface area contributed by atoms with Crippen molar-refractivity contribution in [3.8, 4) is 0 Å². The van der Waals surface area contributed by atoms with Gasteiger partial charge in [-0.15, -0.1) is 0 Å². The van der Waals surface area contributed by atoms with E-state index in [2.05, 4.69) is 52.2 Å². The molecule has 0 saturated carbocycles. The fourth-order valence-electron chi connectivity index (χ4n) is 2.66. The molecule has 24 heavy (non-hydrogen) atoms. The van der Waals surface area contributed by atoms with Crippen molar-refractivity contribution in [3.05, 3.63) is 66.7 Å². The summed E-state index contributed by atoms with van der Waals surface area (Å²) in [7, 11) is 2.05. The first-order valence-electron chi connectivity index (χ1n) is 7.76. The van der Waals surface area contributed by atoms with Crippen molar-refractivity contribution in [1.82, 2.24) is 19.7 Å². The number of rotatable bonds is 4. The predicted molar refractivity (Wildman–Crippen MR) is 98.0 cm³/mol. The standard InChI is InChI=1S/C18H17N5S/c1-13(23-12-19-11-20-23)14-7-9-15(10-8-14)22(2)18-21-16-5-3-4-6-17(16)24-18/h3-13H,1-2H3. The predicted octanol–water partition coefficient (Wildman–Crippen LogP) is 4.27. The van der Waals surface area contributed by atoms with Gasteiger partial charge in [0.05, 0.1) is 16.3 Å². The lowest BCUT2D eigenvalue weighted by Gasteiger charge is -2.17. The van der Waals surface area contributed by atoms with E-state index in [1.165, 1.54) is 10.3 Å². The van der Waals surface area contributed by atoms with E-state index in [1.807, 2.05) is 29.9 Å². The molecule has 0 aliphatic rings. The van der Waals surface area contributed by atoms with Crippen LogP contribution in [0.1, 0.15) is 18.5 Å². The Hall–Kier alpha value is -2.73. The number of hydrogen-bond donors (Lipinski definition) is 0. The summed E-state index contributed by atoms with van der Waals surface area (Å²) in [5, 5.41) is 5.20. The molecule has 1 atom stereocenters. The van der Waals surface area contributed by atoms with E-state index in [0.29, 0.717) is 0 Å². The van der Waals surface area contributed by atoms with Crippen molar-refractivity contribution in [2.45, 2.75) is 13.0 Å². The number of nitrogens with zero attached hydrogens (tertiary/aromatic N) is 5. The van der Waals surface area contributed by atoms with Gasteiger partial charge in [0.2, 0.25) is 0 Å². The molecule has 0 bridgehead atoms. The zero-order valence-electron chi connectivity index (χ0n) is 13.5. The Bertz CT molecular complexity index is 910. The van der Waals surface area contributed by atoms with Crippen LogP contribution in [0.5, 0.6) is 0 Å². The maximum atomic E-state index is 4.71. The highest BCUT2D eigenvalue weighted by Crippen LogP contribution is 2.32. The molecule has 4 aromatic rings. The molecule has 0 aliphatic carbocycles. The highest BCUT2D eigenvalue weighted by Gasteiger charge is 2.12. The van der Waals surface area contributed by atoms with Crippen molar-refractivity contribution in [2.24, 2.45) is 0 Å². The van der Waals surface area contributed by atoms with Crippen molar-refractivity contribution < 1.29 is 0 Å². The molecule has 2 aromatic carbocycles. The summed E-state index contributed by atoms with van der Waals surface area (Å²) in [5.74, 6) is 0. The van der Waals surface area contributed by atoms with Gasteiger partial charge < -0.3 is 4.90 Å². The highest BCUT2D eigenvalue weighted by atomic mass is 32.1. The van der Waals surface area contributed by atoms with Gasteiger partial charge >= 0.3 is 0 Å². The summed E-state index contributed by atoms with van der Waals surface area (Å²) in [5.41, 5.74) is 3.35. The second-order valence-electron chi connectivity index (χ2n) is 5.67. The van der Waals surface area contributed by atoms with E-state index in [9.17, 15) is 0 Å². The minimum absolute atomic E-state index is 0.161. The van der Waals surface area contributed by atoms with E-state index < -0.39 is 0 Å². The summed E-state index contributed by atoms with van der Waals surface area (Å²) in [6.07, 6.45) is 3.30. The van der Waals surface area contributed by atoms with E-state index in [4.69, 9.17) is 4.98 Å². The summed E-state index contributed by atoms with van der Waals surface area (Å²) in [6.45, 7) is 2.11. The van der Waals surface area contributed by atoms with Gasteiger partial charge in [-0.05, 0) is 36.8 Å². The van der Waals surface area contributed by atoms with Crippen LogP contribution >= 0.6 is 11.3 Å². The molecule has 2 aromatic heterocycles. The number of fused-ring (bicyclic) bond motifs is 1. The summed E-state index contributed by atoms with van der Waals surface area (Å²) >= 11 is 1.70. The maximum Gasteiger partial charge on any atom is 0.190 e. The normalized spacial score (nSPS) is 12.4. The molecule has 0 N–H and O–H groups in total. The zero-order valence-corrected chi connectivity index (χ0v) is 14.3. The Morgan fingerprint density at radius 3 is 2.58 bits per heavy atom. The fourth-order valence-corrected chi connectivity index (χ4v) is 3.61. The molecule has 120 valence electrons. The Kier molecular flexibility index (Phi) is 3.74. The average molecular weight is 335 g/mol. The number of para-hydroxylation sites is 1. The van der Waals surface area contributed by atoms with Gasteiger partial charge in [0.15, 0.2) is 5.13 Å². The van der Waals surface area contributed by atoms with E-state index >= 15 is 0 Å². The van der Waals surface area contributed by atoms with E-state index in [-0.39, 0.29) is 6.04 Å². The molecule has 0 spiro atoms. The quantitative estimate of drug-likeness (QED) is 0.559. The first-order valence-corrected chi connectivity index (χ1v) is 8.57. The first-order chi connectivity index (χ1) is 11.7. The summed E-state index contributed by atoms with van der Waals surface area (Å²) in [6, 6.07) is 16.9. The van der Waals surface area contributed by atoms with E-state index in [0.717, 1.165) is 16.3 Å². The number of benzene rings is 2. The van der Waals surface area contributed by atoms with Gasteiger partial charge in [0.1, 0.15) is 12.7 Å².